The van der Waals surface area contributed by atoms with Gasteiger partial charge in [0.15, 0.2) is 23.5 Å². The number of ketones is 2. The Morgan fingerprint density at radius 3 is 2.33 bits per heavy atom. The summed E-state index contributed by atoms with van der Waals surface area (Å²) in [5, 5.41) is 42.7. The minimum Gasteiger partial charge on any atom is -0.507 e. The van der Waals surface area contributed by atoms with Crippen LogP contribution in [0.15, 0.2) is 6.07 Å². The van der Waals surface area contributed by atoms with Crippen molar-refractivity contribution in [3.8, 4) is 11.5 Å². The third kappa shape index (κ3) is 4.54. The first-order chi connectivity index (χ1) is 15.5. The Labute approximate surface area is 194 Å². The molecule has 4 N–H and O–H groups in total. The number of phenolic OH excluding ortho intramolecular Hbond substituents is 2. The zero-order chi connectivity index (χ0) is 24.7. The van der Waals surface area contributed by atoms with Gasteiger partial charge in [-0.3, -0.25) is 9.59 Å². The fourth-order valence-corrected chi connectivity index (χ4v) is 5.11. The Bertz CT molecular complexity index is 896. The number of carbonyl (C=O) groups is 2. The molecule has 0 aliphatic carbocycles. The summed E-state index contributed by atoms with van der Waals surface area (Å²) in [6.07, 6.45) is -1.32. The molecule has 0 radical (unpaired) electrons. The number of benzene rings is 1. The van der Waals surface area contributed by atoms with Gasteiger partial charge in [-0.05, 0) is 43.7 Å². The van der Waals surface area contributed by atoms with Crippen molar-refractivity contribution in [1.29, 1.82) is 0 Å². The van der Waals surface area contributed by atoms with Crippen molar-refractivity contribution in [3.63, 3.8) is 0 Å². The number of phenols is 2. The maximum atomic E-state index is 13.7. The molecule has 1 aromatic rings. The SMILES string of the molecule is CCCC(C(=O)c1cc(CC(C)C)c(O)c(C(C)=O)c1O)C1CC(O)C2(OC2CC)C(O)O1. The normalized spacial score (nSPS) is 29.9. The van der Waals surface area contributed by atoms with Crippen LogP contribution in [0.2, 0.25) is 0 Å². The molecular weight excluding hydrogens is 428 g/mol. The van der Waals surface area contributed by atoms with Crippen LogP contribution in [0.1, 0.15) is 86.6 Å². The van der Waals surface area contributed by atoms with E-state index in [0.29, 0.717) is 31.2 Å². The summed E-state index contributed by atoms with van der Waals surface area (Å²) in [7, 11) is 0. The fourth-order valence-electron chi connectivity index (χ4n) is 5.11. The van der Waals surface area contributed by atoms with Crippen LogP contribution in [-0.4, -0.2) is 62.2 Å². The summed E-state index contributed by atoms with van der Waals surface area (Å²) in [5.74, 6) is -2.49. The van der Waals surface area contributed by atoms with Crippen LogP contribution in [0.4, 0.5) is 0 Å². The van der Waals surface area contributed by atoms with Gasteiger partial charge in [-0.1, -0.05) is 34.1 Å². The van der Waals surface area contributed by atoms with Crippen LogP contribution in [0.5, 0.6) is 11.5 Å². The molecule has 8 nitrogen and oxygen atoms in total. The van der Waals surface area contributed by atoms with Gasteiger partial charge in [0.2, 0.25) is 0 Å². The molecule has 2 heterocycles. The van der Waals surface area contributed by atoms with Gasteiger partial charge < -0.3 is 29.9 Å². The zero-order valence-corrected chi connectivity index (χ0v) is 20.0. The van der Waals surface area contributed by atoms with E-state index >= 15 is 0 Å². The van der Waals surface area contributed by atoms with Gasteiger partial charge >= 0.3 is 0 Å². The summed E-state index contributed by atoms with van der Waals surface area (Å²) in [6, 6.07) is 1.44. The molecule has 1 aromatic carbocycles. The topological polar surface area (TPSA) is 137 Å². The van der Waals surface area contributed by atoms with Gasteiger partial charge in [-0.2, -0.15) is 0 Å². The van der Waals surface area contributed by atoms with Crippen LogP contribution >= 0.6 is 0 Å². The molecule has 6 atom stereocenters. The number of aromatic hydroxyl groups is 2. The van der Waals surface area contributed by atoms with Gasteiger partial charge in [0.25, 0.3) is 0 Å². The minimum atomic E-state index is -1.37. The molecule has 33 heavy (non-hydrogen) atoms. The Balaban J connectivity index is 1.97. The summed E-state index contributed by atoms with van der Waals surface area (Å²) >= 11 is 0. The maximum Gasteiger partial charge on any atom is 0.189 e. The van der Waals surface area contributed by atoms with E-state index in [-0.39, 0.29) is 35.3 Å². The van der Waals surface area contributed by atoms with Crippen molar-refractivity contribution in [2.45, 2.75) is 96.9 Å². The first-order valence-corrected chi connectivity index (χ1v) is 11.8. The number of ether oxygens (including phenoxy) is 2. The van der Waals surface area contributed by atoms with Crippen LogP contribution in [0, 0.1) is 11.8 Å². The van der Waals surface area contributed by atoms with Crippen molar-refractivity contribution < 1.29 is 39.5 Å². The summed E-state index contributed by atoms with van der Waals surface area (Å²) in [6.45, 7) is 8.90. The highest BCUT2D eigenvalue weighted by Gasteiger charge is 2.68. The van der Waals surface area contributed by atoms with E-state index in [0.717, 1.165) is 0 Å². The molecule has 0 bridgehead atoms. The van der Waals surface area contributed by atoms with Crippen molar-refractivity contribution >= 4 is 11.6 Å². The average molecular weight is 465 g/mol. The lowest BCUT2D eigenvalue weighted by Crippen LogP contribution is -2.55. The van der Waals surface area contributed by atoms with Gasteiger partial charge in [0.05, 0.1) is 23.9 Å². The number of epoxide rings is 1. The van der Waals surface area contributed by atoms with E-state index < -0.39 is 47.3 Å². The first kappa shape index (κ1) is 25.6. The Morgan fingerprint density at radius 2 is 1.85 bits per heavy atom. The quantitative estimate of drug-likeness (QED) is 0.323. The number of rotatable bonds is 9. The van der Waals surface area contributed by atoms with E-state index in [4.69, 9.17) is 9.47 Å². The molecular formula is C25H36O8. The lowest BCUT2D eigenvalue weighted by molar-refractivity contribution is -0.239. The lowest BCUT2D eigenvalue weighted by atomic mass is 9.80. The summed E-state index contributed by atoms with van der Waals surface area (Å²) in [5.41, 5.74) is -1.08. The highest BCUT2D eigenvalue weighted by molar-refractivity contribution is 6.07. The highest BCUT2D eigenvalue weighted by atomic mass is 16.7. The van der Waals surface area contributed by atoms with E-state index in [1.54, 1.807) is 0 Å². The standard InChI is InChI=1S/C25H36O8/c1-6-8-15(17-11-18(27)25(24(31)32-17)19(7-2)33-25)22(29)16-10-14(9-12(3)4)21(28)20(13(5)26)23(16)30/h10,12,15,17-19,24,27-28,30-31H,6-9,11H2,1-5H3. The number of aliphatic hydroxyl groups is 2. The fraction of sp³-hybridized carbons (Fsp3) is 0.680. The van der Waals surface area contributed by atoms with E-state index in [9.17, 15) is 30.0 Å². The summed E-state index contributed by atoms with van der Waals surface area (Å²) < 4.78 is 11.4. The number of hydrogen-bond donors (Lipinski definition) is 4. The first-order valence-electron chi connectivity index (χ1n) is 11.8. The smallest absolute Gasteiger partial charge is 0.189 e. The van der Waals surface area contributed by atoms with E-state index in [1.807, 2.05) is 27.7 Å². The second-order valence-electron chi connectivity index (χ2n) is 9.72. The Hall–Kier alpha value is -2.00. The van der Waals surface area contributed by atoms with Crippen LogP contribution in [0.3, 0.4) is 0 Å². The third-order valence-electron chi connectivity index (χ3n) is 6.81. The van der Waals surface area contributed by atoms with Crippen LogP contribution in [-0.2, 0) is 15.9 Å². The lowest BCUT2D eigenvalue weighted by Gasteiger charge is -2.39. The highest BCUT2D eigenvalue weighted by Crippen LogP contribution is 2.50. The van der Waals surface area contributed by atoms with Crippen LogP contribution in [0.25, 0.3) is 0 Å². The van der Waals surface area contributed by atoms with Gasteiger partial charge in [0.1, 0.15) is 17.1 Å². The van der Waals surface area contributed by atoms with Crippen molar-refractivity contribution in [2.75, 3.05) is 0 Å². The monoisotopic (exact) mass is 464 g/mol. The van der Waals surface area contributed by atoms with Crippen LogP contribution < -0.4 is 0 Å². The molecule has 0 saturated carbocycles. The Morgan fingerprint density at radius 1 is 1.18 bits per heavy atom. The summed E-state index contributed by atoms with van der Waals surface area (Å²) in [4.78, 5) is 25.8. The second kappa shape index (κ2) is 9.70. The zero-order valence-electron chi connectivity index (χ0n) is 20.0. The van der Waals surface area contributed by atoms with Gasteiger partial charge in [-0.25, -0.2) is 0 Å². The molecule has 2 saturated heterocycles. The molecule has 0 aromatic heterocycles. The van der Waals surface area contributed by atoms with E-state index in [2.05, 4.69) is 0 Å². The molecule has 2 aliphatic rings. The molecule has 6 unspecified atom stereocenters. The minimum absolute atomic E-state index is 0.0610. The number of aliphatic hydroxyl groups excluding tert-OH is 2. The molecule has 3 rings (SSSR count). The van der Waals surface area contributed by atoms with Gasteiger partial charge in [0, 0.05) is 12.3 Å². The van der Waals surface area contributed by atoms with Gasteiger partial charge in [-0.15, -0.1) is 0 Å². The Kier molecular flexibility index (Phi) is 7.53. The average Bonchev–Trinajstić information content (AvgIpc) is 3.47. The second-order valence-corrected chi connectivity index (χ2v) is 9.72. The molecule has 184 valence electrons. The van der Waals surface area contributed by atoms with Crippen molar-refractivity contribution in [1.82, 2.24) is 0 Å². The molecule has 8 heteroatoms. The predicted molar refractivity (Wildman–Crippen MR) is 120 cm³/mol. The number of Topliss-reactive ketones (excluding diaryl/α,β-unsaturated/α-hetero) is 2. The predicted octanol–water partition coefficient (Wildman–Crippen LogP) is 3.11. The maximum absolute atomic E-state index is 13.7. The molecule has 1 spiro atoms. The van der Waals surface area contributed by atoms with Crippen molar-refractivity contribution in [3.05, 3.63) is 22.8 Å². The molecule has 2 fully saturated rings. The molecule has 2 aliphatic heterocycles. The van der Waals surface area contributed by atoms with Crippen molar-refractivity contribution in [2.24, 2.45) is 11.8 Å². The number of hydrogen-bond acceptors (Lipinski definition) is 8. The largest absolute Gasteiger partial charge is 0.507 e. The van der Waals surface area contributed by atoms with E-state index in [1.165, 1.54) is 13.0 Å². The third-order valence-corrected chi connectivity index (χ3v) is 6.81. The molecule has 0 amide bonds. The number of carbonyl (C=O) groups excluding carboxylic acids is 2.